The van der Waals surface area contributed by atoms with Gasteiger partial charge >= 0.3 is 17.9 Å². The number of unbranched alkanes of at least 4 members (excludes halogenated alkanes) is 4. The Hall–Kier alpha value is 0.323. The van der Waals surface area contributed by atoms with Gasteiger partial charge in [0.25, 0.3) is 0 Å². The van der Waals surface area contributed by atoms with Gasteiger partial charge in [-0.2, -0.15) is 31.1 Å². The molecular formula is C82H148O12Y6-12. The summed E-state index contributed by atoms with van der Waals surface area (Å²) in [6.45, 7) is 68.6. The van der Waals surface area contributed by atoms with Crippen LogP contribution in [0, 0.1) is 120 Å². The molecule has 578 valence electrons. The van der Waals surface area contributed by atoms with Gasteiger partial charge in [-0.15, -0.1) is 13.8 Å². The van der Waals surface area contributed by atoms with Gasteiger partial charge < -0.3 is 57.1 Å². The van der Waals surface area contributed by atoms with E-state index in [1.807, 2.05) is 65.0 Å². The van der Waals surface area contributed by atoms with Crippen molar-refractivity contribution >= 4 is 35.8 Å². The Bertz CT molecular complexity index is 1570. The number of esters is 6. The molecule has 18 heteroatoms. The third kappa shape index (κ3) is 205. The molecule has 0 aliphatic heterocycles. The smallest absolute Gasteiger partial charge is 0.301 e. The van der Waals surface area contributed by atoms with E-state index in [2.05, 4.69) is 153 Å². The fourth-order valence-electron chi connectivity index (χ4n) is 6.55. The third-order valence-corrected chi connectivity index (χ3v) is 12.3. The predicted octanol–water partition coefficient (Wildman–Crippen LogP) is 22.6. The Labute approximate surface area is 774 Å². The molecule has 0 aliphatic rings. The maximum Gasteiger partial charge on any atom is 0.301 e. The zero-order valence-electron chi connectivity index (χ0n) is 67.5. The first-order chi connectivity index (χ1) is 43.6. The second-order valence-corrected chi connectivity index (χ2v) is 22.1. The Morgan fingerprint density at radius 2 is 0.520 bits per heavy atom. The van der Waals surface area contributed by atoms with Crippen molar-refractivity contribution in [3.05, 3.63) is 181 Å². The van der Waals surface area contributed by atoms with Crippen molar-refractivity contribution in [1.29, 1.82) is 0 Å². The minimum Gasteiger partial charge on any atom is -0.484 e. The molecule has 0 amide bonds. The summed E-state index contributed by atoms with van der Waals surface area (Å²) in [5.74, 6) is 3.10. The van der Waals surface area contributed by atoms with Crippen LogP contribution in [-0.4, -0.2) is 75.5 Å². The number of ether oxygens (including phenoxy) is 6. The normalized spacial score (nSPS) is 11.0. The first kappa shape index (κ1) is 146. The number of allylic oxidation sites excluding steroid dienone is 10. The van der Waals surface area contributed by atoms with Gasteiger partial charge in [0.2, 0.25) is 0 Å². The van der Waals surface area contributed by atoms with E-state index in [1.165, 1.54) is 136 Å². The van der Waals surface area contributed by atoms with Crippen molar-refractivity contribution in [3.63, 3.8) is 0 Å². The average molecular weight is 1860 g/mol. The maximum absolute atomic E-state index is 10.0. The van der Waals surface area contributed by atoms with E-state index in [0.29, 0.717) is 39.6 Å². The quantitative estimate of drug-likeness (QED) is 0.0192. The molecular weight excluding hydrogens is 1710 g/mol. The topological polar surface area (TPSA) is 158 Å². The molecule has 0 aliphatic carbocycles. The molecule has 5 unspecified atom stereocenters. The molecule has 12 nitrogen and oxygen atoms in total. The molecule has 5 atom stereocenters. The van der Waals surface area contributed by atoms with Crippen LogP contribution in [0.2, 0.25) is 0 Å². The molecule has 6 radical (unpaired) electrons. The Morgan fingerprint density at radius 3 is 0.700 bits per heavy atom. The first-order valence-electron chi connectivity index (χ1n) is 33.5. The molecule has 0 spiro atoms. The SMILES string of the molecule is [CH2-]/C=C/COC(C)=O.[CH2-]/C=C/COC(C)=O.[CH2-]/C=C\C.[CH2-]/C=C\C.[CH2-]/C=C\COC(C)=O.[CH2-]C(=O)OC/C=C/C.[CH2-]C(=O)OC/C=C/C.[CH2-]C(=O)OC/C=C\C.[CH2-]CC(C)CCCC(C)CCCC(C)CCCC(C)C.[CH2-]CC(C)CCCC(C)CCCCCCC.[CH3-].[CH3-].[Y].[Y].[Y].[Y].[Y].[Y]. The van der Waals surface area contributed by atoms with E-state index in [1.54, 1.807) is 66.8 Å². The van der Waals surface area contributed by atoms with Crippen molar-refractivity contribution in [2.24, 2.45) is 35.5 Å². The molecule has 0 heterocycles. The van der Waals surface area contributed by atoms with E-state index in [-0.39, 0.29) is 229 Å². The summed E-state index contributed by atoms with van der Waals surface area (Å²) in [5, 5.41) is 0. The third-order valence-electron chi connectivity index (χ3n) is 12.3. The Balaban J connectivity index is -0.0000000479. The zero-order valence-corrected chi connectivity index (χ0v) is 84.6. The summed E-state index contributed by atoms with van der Waals surface area (Å²) >= 11 is 0. The minimum atomic E-state index is -0.483. The van der Waals surface area contributed by atoms with Crippen LogP contribution in [0.25, 0.3) is 0 Å². The predicted molar refractivity (Wildman–Crippen MR) is 409 cm³/mol. The number of rotatable bonds is 36. The van der Waals surface area contributed by atoms with Gasteiger partial charge in [-0.1, -0.05) is 219 Å². The maximum atomic E-state index is 10.0. The molecule has 0 aromatic carbocycles. The molecule has 0 aromatic heterocycles. The molecule has 0 aromatic rings. The molecule has 0 saturated heterocycles. The molecule has 0 rings (SSSR count). The standard InChI is InChI=1S/C20H41.C16H33.6C6H9O2.2C4H7.2CH3.6Y/c1-7-18(4)12-9-14-20(6)16-10-15-19(5)13-8-11-17(2)3;1-5-7-8-9-10-12-16(4)14-11-13-15(3)6-2;6*1-3-4-5-8-6(2)7;2*1-3-4-2;;;;;;;;/h17-20H,1,7-16H2,2-6H3;15-16H,2,5-14H2,1,3-4H3;3*3-4H,2,5H2,1H3;3*3-4H,1,5H2,2H3;2*3-4H,1H2,2H3;2*1H3;;;;;;/q12*-1;;;;;;/b;;2*4-3+;4-3-;2*4-3+;3*4-3-;;;;;;;;. The number of hydrogen-bond acceptors (Lipinski definition) is 12. The van der Waals surface area contributed by atoms with Crippen LogP contribution in [0.15, 0.2) is 97.2 Å². The van der Waals surface area contributed by atoms with Crippen molar-refractivity contribution in [3.8, 4) is 0 Å². The second kappa shape index (κ2) is 135. The molecule has 0 bridgehead atoms. The zero-order chi connectivity index (χ0) is 72.9. The van der Waals surface area contributed by atoms with Gasteiger partial charge in [-0.05, 0) is 44.4 Å². The van der Waals surface area contributed by atoms with Crippen LogP contribution in [0.3, 0.4) is 0 Å². The summed E-state index contributed by atoms with van der Waals surface area (Å²) in [7, 11) is 0. The first-order valence-corrected chi connectivity index (χ1v) is 33.5. The van der Waals surface area contributed by atoms with Gasteiger partial charge in [0.1, 0.15) is 19.8 Å². The van der Waals surface area contributed by atoms with Crippen molar-refractivity contribution < 1.29 is 253 Å². The van der Waals surface area contributed by atoms with Crippen LogP contribution < -0.4 is 0 Å². The fraction of sp³-hybridized carbons (Fsp3) is 0.585. The van der Waals surface area contributed by atoms with Crippen LogP contribution in [0.4, 0.5) is 0 Å². The van der Waals surface area contributed by atoms with E-state index in [0.717, 1.165) is 48.3 Å². The summed E-state index contributed by atoms with van der Waals surface area (Å²) in [5.41, 5.74) is 0. The van der Waals surface area contributed by atoms with Crippen LogP contribution in [-0.2, 0) is 253 Å². The Kier molecular flexibility index (Phi) is 197. The molecule has 0 saturated carbocycles. The second-order valence-electron chi connectivity index (χ2n) is 22.1. The van der Waals surface area contributed by atoms with Gasteiger partial charge in [0.05, 0.1) is 0 Å². The monoisotopic (exact) mass is 1860 g/mol. The van der Waals surface area contributed by atoms with Crippen molar-refractivity contribution in [2.45, 2.75) is 239 Å². The van der Waals surface area contributed by atoms with E-state index >= 15 is 0 Å². The van der Waals surface area contributed by atoms with Gasteiger partial charge in [-0.3, -0.25) is 49.5 Å². The largest absolute Gasteiger partial charge is 0.484 e. The summed E-state index contributed by atoms with van der Waals surface area (Å²) in [4.78, 5) is 60.0. The fourth-order valence-corrected chi connectivity index (χ4v) is 6.55. The molecule has 100 heavy (non-hydrogen) atoms. The van der Waals surface area contributed by atoms with Gasteiger partial charge in [0, 0.05) is 237 Å². The van der Waals surface area contributed by atoms with Gasteiger partial charge in [-0.25, -0.2) is 77.2 Å². The molecule has 0 fully saturated rings. The average Bonchev–Trinajstić information content (AvgIpc) is 1.78. The van der Waals surface area contributed by atoms with Crippen molar-refractivity contribution in [2.75, 3.05) is 39.6 Å². The molecule has 0 N–H and O–H groups in total. The van der Waals surface area contributed by atoms with Crippen LogP contribution in [0.1, 0.15) is 239 Å². The Morgan fingerprint density at radius 1 is 0.310 bits per heavy atom. The van der Waals surface area contributed by atoms with Crippen LogP contribution in [0.5, 0.6) is 0 Å². The van der Waals surface area contributed by atoms with E-state index < -0.39 is 17.9 Å². The number of carbonyl (C=O) groups excluding carboxylic acids is 6. The minimum absolute atomic E-state index is 0. The number of hydrogen-bond donors (Lipinski definition) is 0. The number of carbonyl (C=O) groups is 6. The summed E-state index contributed by atoms with van der Waals surface area (Å²) in [6.07, 6.45) is 55.5. The van der Waals surface area contributed by atoms with Gasteiger partial charge in [0.15, 0.2) is 17.9 Å². The van der Waals surface area contributed by atoms with E-state index in [4.69, 9.17) is 0 Å². The van der Waals surface area contributed by atoms with Crippen molar-refractivity contribution in [1.82, 2.24) is 0 Å². The van der Waals surface area contributed by atoms with Crippen LogP contribution >= 0.6 is 0 Å². The summed E-state index contributed by atoms with van der Waals surface area (Å²) in [6, 6.07) is 0. The summed E-state index contributed by atoms with van der Waals surface area (Å²) < 4.78 is 26.9. The van der Waals surface area contributed by atoms with E-state index in [9.17, 15) is 28.8 Å².